The molecule has 0 bridgehead atoms. The van der Waals surface area contributed by atoms with Crippen LogP contribution in [0.2, 0.25) is 0 Å². The molecule has 0 aromatic carbocycles. The van der Waals surface area contributed by atoms with E-state index in [4.69, 9.17) is 0 Å². The zero-order valence-electron chi connectivity index (χ0n) is 13.5. The minimum Gasteiger partial charge on any atom is -0.352 e. The molecule has 1 aromatic heterocycles. The molecule has 8 heteroatoms. The van der Waals surface area contributed by atoms with Gasteiger partial charge >= 0.3 is 0 Å². The van der Waals surface area contributed by atoms with Gasteiger partial charge in [-0.3, -0.25) is 9.59 Å². The van der Waals surface area contributed by atoms with Gasteiger partial charge in [-0.25, -0.2) is 8.42 Å². The standard InChI is InChI=1S/C15H23N3O4S/c1-3-12(2)16-14(19)11-17-8-6-7-13(15(17)20)23(21,22)18-9-4-5-10-18/h6-8,12H,3-5,9-11H2,1-2H3,(H,16,19). The number of carbonyl (C=O) groups excluding carboxylic acids is 1. The Bertz CT molecular complexity index is 720. The van der Waals surface area contributed by atoms with Gasteiger partial charge in [0, 0.05) is 25.3 Å². The second-order valence-corrected chi connectivity index (χ2v) is 7.70. The summed E-state index contributed by atoms with van der Waals surface area (Å²) in [5.41, 5.74) is -0.654. The molecule has 1 amide bonds. The Kier molecular flexibility index (Phi) is 5.59. The molecule has 1 fully saturated rings. The number of hydrogen-bond acceptors (Lipinski definition) is 4. The van der Waals surface area contributed by atoms with Crippen molar-refractivity contribution >= 4 is 15.9 Å². The number of aromatic nitrogens is 1. The number of amides is 1. The van der Waals surface area contributed by atoms with E-state index in [1.807, 2.05) is 13.8 Å². The minimum absolute atomic E-state index is 0.00900. The summed E-state index contributed by atoms with van der Waals surface area (Å²) >= 11 is 0. The summed E-state index contributed by atoms with van der Waals surface area (Å²) < 4.78 is 27.5. The normalized spacial score (nSPS) is 17.1. The van der Waals surface area contributed by atoms with Crippen LogP contribution in [0.5, 0.6) is 0 Å². The van der Waals surface area contributed by atoms with E-state index in [-0.39, 0.29) is 23.4 Å². The number of nitrogens with one attached hydrogen (secondary N) is 1. The van der Waals surface area contributed by atoms with E-state index < -0.39 is 15.6 Å². The molecular weight excluding hydrogens is 318 g/mol. The highest BCUT2D eigenvalue weighted by Crippen LogP contribution is 2.18. The first-order valence-electron chi connectivity index (χ1n) is 7.85. The Morgan fingerprint density at radius 2 is 2.00 bits per heavy atom. The maximum Gasteiger partial charge on any atom is 0.271 e. The molecule has 0 radical (unpaired) electrons. The molecule has 23 heavy (non-hydrogen) atoms. The third-order valence-electron chi connectivity index (χ3n) is 4.00. The number of rotatable bonds is 6. The van der Waals surface area contributed by atoms with Crippen molar-refractivity contribution in [3.8, 4) is 0 Å². The lowest BCUT2D eigenvalue weighted by molar-refractivity contribution is -0.122. The first kappa shape index (κ1) is 17.7. The highest BCUT2D eigenvalue weighted by molar-refractivity contribution is 7.89. The summed E-state index contributed by atoms with van der Waals surface area (Å²) in [5.74, 6) is -0.308. The van der Waals surface area contributed by atoms with Crippen LogP contribution in [-0.2, 0) is 21.4 Å². The van der Waals surface area contributed by atoms with Crippen molar-refractivity contribution in [2.24, 2.45) is 0 Å². The molecule has 7 nitrogen and oxygen atoms in total. The second-order valence-electron chi connectivity index (χ2n) is 5.79. The molecule has 0 spiro atoms. The molecule has 1 aromatic rings. The summed E-state index contributed by atoms with van der Waals surface area (Å²) in [6.07, 6.45) is 3.82. The zero-order valence-corrected chi connectivity index (χ0v) is 14.3. The number of sulfonamides is 1. The Morgan fingerprint density at radius 1 is 1.35 bits per heavy atom. The van der Waals surface area contributed by atoms with Gasteiger partial charge in [-0.05, 0) is 38.3 Å². The molecule has 128 valence electrons. The lowest BCUT2D eigenvalue weighted by Crippen LogP contribution is -2.39. The minimum atomic E-state index is -3.79. The Balaban J connectivity index is 2.25. The summed E-state index contributed by atoms with van der Waals surface area (Å²) in [6.45, 7) is 4.50. The van der Waals surface area contributed by atoms with Gasteiger partial charge in [-0.2, -0.15) is 4.31 Å². The molecule has 1 aliphatic rings. The Hall–Kier alpha value is -1.67. The third-order valence-corrected chi connectivity index (χ3v) is 5.91. The van der Waals surface area contributed by atoms with E-state index in [2.05, 4.69) is 5.32 Å². The van der Waals surface area contributed by atoms with Gasteiger partial charge in [0.05, 0.1) is 0 Å². The maximum absolute atomic E-state index is 12.5. The van der Waals surface area contributed by atoms with Gasteiger partial charge in [-0.15, -0.1) is 0 Å². The first-order chi connectivity index (χ1) is 10.9. The van der Waals surface area contributed by atoms with Crippen molar-refractivity contribution in [1.82, 2.24) is 14.2 Å². The van der Waals surface area contributed by atoms with Crippen molar-refractivity contribution in [1.29, 1.82) is 0 Å². The van der Waals surface area contributed by atoms with Crippen LogP contribution < -0.4 is 10.9 Å². The van der Waals surface area contributed by atoms with E-state index in [1.54, 1.807) is 0 Å². The van der Waals surface area contributed by atoms with Crippen LogP contribution in [0.1, 0.15) is 33.1 Å². The zero-order chi connectivity index (χ0) is 17.0. The fraction of sp³-hybridized carbons (Fsp3) is 0.600. The molecular formula is C15H23N3O4S. The van der Waals surface area contributed by atoms with Crippen molar-refractivity contribution in [2.75, 3.05) is 13.1 Å². The third kappa shape index (κ3) is 4.00. The molecule has 2 heterocycles. The SMILES string of the molecule is CCC(C)NC(=O)Cn1cccc(S(=O)(=O)N2CCCC2)c1=O. The molecule has 1 aliphatic heterocycles. The predicted octanol–water partition coefficient (Wildman–Crippen LogP) is 0.548. The number of carbonyl (C=O) groups is 1. The van der Waals surface area contributed by atoms with Gasteiger partial charge in [0.25, 0.3) is 5.56 Å². The van der Waals surface area contributed by atoms with Crippen LogP contribution in [0.4, 0.5) is 0 Å². The molecule has 1 saturated heterocycles. The van der Waals surface area contributed by atoms with Crippen LogP contribution in [-0.4, -0.2) is 42.3 Å². The summed E-state index contributed by atoms with van der Waals surface area (Å²) in [6, 6.07) is 2.80. The second kappa shape index (κ2) is 7.27. The van der Waals surface area contributed by atoms with Crippen LogP contribution in [0, 0.1) is 0 Å². The lowest BCUT2D eigenvalue weighted by Gasteiger charge is -2.16. The van der Waals surface area contributed by atoms with Gasteiger partial charge in [0.1, 0.15) is 11.4 Å². The summed E-state index contributed by atoms with van der Waals surface area (Å²) in [7, 11) is -3.79. The van der Waals surface area contributed by atoms with E-state index in [9.17, 15) is 18.0 Å². The lowest BCUT2D eigenvalue weighted by atomic mass is 10.2. The van der Waals surface area contributed by atoms with E-state index in [0.717, 1.165) is 23.8 Å². The van der Waals surface area contributed by atoms with Crippen molar-refractivity contribution < 1.29 is 13.2 Å². The summed E-state index contributed by atoms with van der Waals surface area (Å²) in [4.78, 5) is 24.1. The average molecular weight is 341 g/mol. The largest absolute Gasteiger partial charge is 0.352 e. The highest BCUT2D eigenvalue weighted by atomic mass is 32.2. The molecule has 0 saturated carbocycles. The fourth-order valence-electron chi connectivity index (χ4n) is 2.48. The van der Waals surface area contributed by atoms with E-state index in [1.165, 1.54) is 22.6 Å². The Morgan fingerprint density at radius 3 is 2.61 bits per heavy atom. The first-order valence-corrected chi connectivity index (χ1v) is 9.29. The molecule has 1 atom stereocenters. The van der Waals surface area contributed by atoms with Gasteiger partial charge < -0.3 is 9.88 Å². The number of hydrogen-bond donors (Lipinski definition) is 1. The quantitative estimate of drug-likeness (QED) is 0.818. The van der Waals surface area contributed by atoms with E-state index >= 15 is 0 Å². The maximum atomic E-state index is 12.5. The van der Waals surface area contributed by atoms with Crippen LogP contribution in [0.3, 0.4) is 0 Å². The van der Waals surface area contributed by atoms with Crippen LogP contribution >= 0.6 is 0 Å². The topological polar surface area (TPSA) is 88.5 Å². The highest BCUT2D eigenvalue weighted by Gasteiger charge is 2.29. The van der Waals surface area contributed by atoms with E-state index in [0.29, 0.717) is 13.1 Å². The molecule has 2 rings (SSSR count). The molecule has 1 N–H and O–H groups in total. The van der Waals surface area contributed by atoms with Gasteiger partial charge in [0.15, 0.2) is 0 Å². The van der Waals surface area contributed by atoms with Crippen molar-refractivity contribution in [2.45, 2.75) is 50.6 Å². The number of nitrogens with zero attached hydrogens (tertiary/aromatic N) is 2. The van der Waals surface area contributed by atoms with Gasteiger partial charge in [0.2, 0.25) is 15.9 Å². The van der Waals surface area contributed by atoms with Crippen molar-refractivity contribution in [3.05, 3.63) is 28.7 Å². The predicted molar refractivity (Wildman–Crippen MR) is 86.6 cm³/mol. The molecule has 0 aliphatic carbocycles. The smallest absolute Gasteiger partial charge is 0.271 e. The van der Waals surface area contributed by atoms with Gasteiger partial charge in [-0.1, -0.05) is 6.92 Å². The summed E-state index contributed by atoms with van der Waals surface area (Å²) in [5, 5.41) is 2.76. The fourth-order valence-corrected chi connectivity index (χ4v) is 4.09. The van der Waals surface area contributed by atoms with Crippen LogP contribution in [0.15, 0.2) is 28.0 Å². The monoisotopic (exact) mass is 341 g/mol. The van der Waals surface area contributed by atoms with Crippen LogP contribution in [0.25, 0.3) is 0 Å². The molecule has 1 unspecified atom stereocenters. The number of pyridine rings is 1. The average Bonchev–Trinajstić information content (AvgIpc) is 3.04. The Labute approximate surface area is 136 Å². The van der Waals surface area contributed by atoms with Crippen molar-refractivity contribution in [3.63, 3.8) is 0 Å².